The van der Waals surface area contributed by atoms with Gasteiger partial charge in [-0.2, -0.15) is 0 Å². The first kappa shape index (κ1) is 41.2. The lowest BCUT2D eigenvalue weighted by Gasteiger charge is -2.46. The number of halogens is 1. The van der Waals surface area contributed by atoms with Gasteiger partial charge < -0.3 is 15.1 Å². The number of carbonyl (C=O) groups is 1. The van der Waals surface area contributed by atoms with Gasteiger partial charge in [0.2, 0.25) is 0 Å². The van der Waals surface area contributed by atoms with Crippen molar-refractivity contribution in [2.24, 2.45) is 0 Å². The zero-order chi connectivity index (χ0) is 40.8. The van der Waals surface area contributed by atoms with Gasteiger partial charge in [0.15, 0.2) is 0 Å². The van der Waals surface area contributed by atoms with Gasteiger partial charge in [0.25, 0.3) is 21.6 Å². The van der Waals surface area contributed by atoms with Crippen molar-refractivity contribution < 1.29 is 18.1 Å². The van der Waals surface area contributed by atoms with E-state index in [-0.39, 0.29) is 27.9 Å². The summed E-state index contributed by atoms with van der Waals surface area (Å²) in [6.45, 7) is 4.18. The van der Waals surface area contributed by atoms with Crippen molar-refractivity contribution in [1.29, 1.82) is 0 Å². The summed E-state index contributed by atoms with van der Waals surface area (Å²) >= 11 is 7.79. The Kier molecular flexibility index (Phi) is 13.0. The standard InChI is InChI=1S/C44H47ClN6O5S2/c1-48(2)23-22-36(30-57-38-9-4-3-5-10-38)46-41-20-19-39(27-43(41)51(53)54)58(55,56)47-44(52)33-15-21-42-32(26-33)14-18-37-29-49(24-25-50(37)42)28-34-8-6-7-11-40(34)31-12-16-35(45)17-13-31/h3-13,15-17,19-21,26-27,36-37,46H,14,18,22-25,28-30H2,1-2H3,(H,47,52)/t36-,37-/m1/s1. The molecule has 7 rings (SSSR count). The van der Waals surface area contributed by atoms with E-state index >= 15 is 0 Å². The van der Waals surface area contributed by atoms with E-state index in [2.05, 4.69) is 56.2 Å². The van der Waals surface area contributed by atoms with Gasteiger partial charge in [0.1, 0.15) is 5.69 Å². The summed E-state index contributed by atoms with van der Waals surface area (Å²) in [6.07, 6.45) is 2.36. The molecule has 0 radical (unpaired) electrons. The average molecular weight is 839 g/mol. The van der Waals surface area contributed by atoms with E-state index in [0.29, 0.717) is 23.2 Å². The van der Waals surface area contributed by atoms with Crippen molar-refractivity contribution in [2.45, 2.75) is 47.7 Å². The molecule has 14 heteroatoms. The van der Waals surface area contributed by atoms with Crippen molar-refractivity contribution >= 4 is 56.4 Å². The Labute approximate surface area is 349 Å². The minimum Gasteiger partial charge on any atom is -0.376 e. The number of carbonyl (C=O) groups excluding carboxylic acids is 1. The molecule has 5 aromatic carbocycles. The van der Waals surface area contributed by atoms with Crippen molar-refractivity contribution in [2.75, 3.05) is 56.2 Å². The Morgan fingerprint density at radius 1 is 0.966 bits per heavy atom. The number of piperazine rings is 1. The smallest absolute Gasteiger partial charge is 0.293 e. The number of hydrogen-bond acceptors (Lipinski definition) is 10. The fourth-order valence-electron chi connectivity index (χ4n) is 7.70. The third-order valence-corrected chi connectivity index (χ3v) is 13.5. The van der Waals surface area contributed by atoms with Crippen molar-refractivity contribution in [3.8, 4) is 11.1 Å². The van der Waals surface area contributed by atoms with E-state index in [1.807, 2.05) is 67.5 Å². The van der Waals surface area contributed by atoms with Crippen molar-refractivity contribution in [1.82, 2.24) is 14.5 Å². The molecule has 1 amide bonds. The number of hydrogen-bond donors (Lipinski definition) is 2. The van der Waals surface area contributed by atoms with Gasteiger partial charge >= 0.3 is 0 Å². The average Bonchev–Trinajstić information content (AvgIpc) is 3.22. The molecule has 0 saturated carbocycles. The quantitative estimate of drug-likeness (QED) is 0.0605. The monoisotopic (exact) mass is 838 g/mol. The van der Waals surface area contributed by atoms with Crippen LogP contribution < -0.4 is 14.9 Å². The first-order chi connectivity index (χ1) is 27.9. The lowest BCUT2D eigenvalue weighted by molar-refractivity contribution is -0.384. The molecule has 2 aliphatic rings. The van der Waals surface area contributed by atoms with Crippen LogP contribution in [-0.4, -0.2) is 87.2 Å². The summed E-state index contributed by atoms with van der Waals surface area (Å²) in [5, 5.41) is 16.2. The lowest BCUT2D eigenvalue weighted by atomic mass is 9.92. The van der Waals surface area contributed by atoms with Crippen LogP contribution in [0, 0.1) is 10.1 Å². The first-order valence-corrected chi connectivity index (χ1v) is 22.2. The van der Waals surface area contributed by atoms with Crippen LogP contribution in [0.2, 0.25) is 5.02 Å². The molecule has 0 spiro atoms. The highest BCUT2D eigenvalue weighted by Gasteiger charge is 2.33. The summed E-state index contributed by atoms with van der Waals surface area (Å²) in [5.41, 5.74) is 5.69. The van der Waals surface area contributed by atoms with E-state index in [0.717, 1.165) is 73.3 Å². The summed E-state index contributed by atoms with van der Waals surface area (Å²) in [6, 6.07) is 35.5. The number of amides is 1. The van der Waals surface area contributed by atoms with Gasteiger partial charge in [0.05, 0.1) is 9.82 Å². The number of rotatable bonds is 15. The van der Waals surface area contributed by atoms with Crippen LogP contribution in [0.3, 0.4) is 0 Å². The largest absolute Gasteiger partial charge is 0.376 e. The molecule has 1 fully saturated rings. The maximum Gasteiger partial charge on any atom is 0.293 e. The number of nitro benzene ring substituents is 1. The van der Waals surface area contributed by atoms with E-state index in [9.17, 15) is 23.3 Å². The fraction of sp³-hybridized carbons (Fsp3) is 0.295. The van der Waals surface area contributed by atoms with E-state index in [1.165, 1.54) is 23.3 Å². The number of anilines is 2. The zero-order valence-electron chi connectivity index (χ0n) is 32.5. The van der Waals surface area contributed by atoms with Crippen molar-refractivity contribution in [3.05, 3.63) is 147 Å². The number of benzene rings is 5. The van der Waals surface area contributed by atoms with Crippen LogP contribution in [-0.2, 0) is 23.0 Å². The van der Waals surface area contributed by atoms with Crippen molar-refractivity contribution in [3.63, 3.8) is 0 Å². The molecule has 302 valence electrons. The lowest BCUT2D eigenvalue weighted by Crippen LogP contribution is -2.54. The van der Waals surface area contributed by atoms with Crippen LogP contribution in [0.15, 0.2) is 125 Å². The SMILES string of the molecule is CN(C)CC[C@H](CSc1ccccc1)Nc1ccc(S(=O)(=O)NC(=O)c2ccc3c(c2)CC[C@@H]2CN(Cc4ccccc4-c4ccc(Cl)cc4)CCN32)cc1[N+](=O)[O-]. The predicted molar refractivity (Wildman–Crippen MR) is 234 cm³/mol. The molecule has 58 heavy (non-hydrogen) atoms. The molecule has 2 N–H and O–H groups in total. The molecule has 5 aromatic rings. The predicted octanol–water partition coefficient (Wildman–Crippen LogP) is 8.20. The Bertz CT molecular complexity index is 2360. The molecule has 0 unspecified atom stereocenters. The van der Waals surface area contributed by atoms with E-state index in [1.54, 1.807) is 23.9 Å². The van der Waals surface area contributed by atoms with Gasteiger partial charge in [-0.3, -0.25) is 19.8 Å². The van der Waals surface area contributed by atoms with Gasteiger partial charge in [-0.1, -0.05) is 66.2 Å². The first-order valence-electron chi connectivity index (χ1n) is 19.3. The highest BCUT2D eigenvalue weighted by atomic mass is 35.5. The van der Waals surface area contributed by atoms with Crippen LogP contribution in [0.1, 0.15) is 34.3 Å². The number of sulfonamides is 1. The molecule has 0 bridgehead atoms. The molecule has 2 atom stereocenters. The van der Waals surface area contributed by atoms with E-state index in [4.69, 9.17) is 11.6 Å². The number of thioether (sulfide) groups is 1. The summed E-state index contributed by atoms with van der Waals surface area (Å²) in [7, 11) is -0.509. The molecular formula is C44H47ClN6O5S2. The number of nitrogens with one attached hydrogen (secondary N) is 2. The van der Waals surface area contributed by atoms with Gasteiger partial charge in [-0.25, -0.2) is 13.1 Å². The molecule has 0 aliphatic carbocycles. The highest BCUT2D eigenvalue weighted by molar-refractivity contribution is 7.99. The van der Waals surface area contributed by atoms with Crippen LogP contribution in [0.5, 0.6) is 0 Å². The van der Waals surface area contributed by atoms with Gasteiger partial charge in [-0.05, 0) is 117 Å². The maximum absolute atomic E-state index is 13.5. The second-order valence-corrected chi connectivity index (χ2v) is 18.3. The fourth-order valence-corrected chi connectivity index (χ4v) is 9.82. The molecule has 0 aromatic heterocycles. The minimum atomic E-state index is -4.44. The Balaban J connectivity index is 1.000. The zero-order valence-corrected chi connectivity index (χ0v) is 34.9. The second-order valence-electron chi connectivity index (χ2n) is 15.1. The molecular weight excluding hydrogens is 792 g/mol. The number of nitrogens with zero attached hydrogens (tertiary/aromatic N) is 4. The molecule has 2 heterocycles. The Hall–Kier alpha value is -4.92. The minimum absolute atomic E-state index is 0.139. The number of nitro groups is 1. The van der Waals surface area contributed by atoms with Gasteiger partial charge in [0, 0.05) is 71.3 Å². The highest BCUT2D eigenvalue weighted by Crippen LogP contribution is 2.35. The van der Waals surface area contributed by atoms with Crippen LogP contribution >= 0.6 is 23.4 Å². The number of aryl methyl sites for hydroxylation is 1. The molecule has 2 aliphatic heterocycles. The normalized spacial score (nSPS) is 16.0. The third kappa shape index (κ3) is 10.0. The van der Waals surface area contributed by atoms with Crippen LogP contribution in [0.25, 0.3) is 11.1 Å². The Morgan fingerprint density at radius 2 is 1.72 bits per heavy atom. The summed E-state index contributed by atoms with van der Waals surface area (Å²) in [4.78, 5) is 32.7. The summed E-state index contributed by atoms with van der Waals surface area (Å²) < 4.78 is 29.2. The van der Waals surface area contributed by atoms with E-state index < -0.39 is 20.9 Å². The Morgan fingerprint density at radius 3 is 2.48 bits per heavy atom. The maximum atomic E-state index is 13.5. The third-order valence-electron chi connectivity index (χ3n) is 10.7. The molecule has 1 saturated heterocycles. The van der Waals surface area contributed by atoms with Crippen LogP contribution in [0.4, 0.5) is 17.1 Å². The summed E-state index contributed by atoms with van der Waals surface area (Å²) in [5.74, 6) is -0.149. The molecule has 11 nitrogen and oxygen atoms in total. The van der Waals surface area contributed by atoms with Gasteiger partial charge in [-0.15, -0.1) is 11.8 Å². The number of fused-ring (bicyclic) bond motifs is 3. The topological polar surface area (TPSA) is 128 Å². The second kappa shape index (κ2) is 18.3.